The zero-order valence-corrected chi connectivity index (χ0v) is 20.4. The Kier molecular flexibility index (Phi) is 7.05. The van der Waals surface area contributed by atoms with E-state index in [1.807, 2.05) is 0 Å². The molecular formula is C29H40N2O. The summed E-state index contributed by atoms with van der Waals surface area (Å²) < 4.78 is 0. The van der Waals surface area contributed by atoms with Crippen molar-refractivity contribution in [2.45, 2.75) is 71.1 Å². The van der Waals surface area contributed by atoms with Crippen LogP contribution in [0.2, 0.25) is 0 Å². The lowest BCUT2D eigenvalue weighted by molar-refractivity contribution is 0.0871. The third-order valence-electron chi connectivity index (χ3n) is 7.55. The highest BCUT2D eigenvalue weighted by Gasteiger charge is 2.46. The van der Waals surface area contributed by atoms with Crippen molar-refractivity contribution in [2.75, 3.05) is 37.6 Å². The van der Waals surface area contributed by atoms with Crippen LogP contribution in [0.1, 0.15) is 81.6 Å². The second-order valence-electron chi connectivity index (χ2n) is 10.1. The van der Waals surface area contributed by atoms with Crippen LogP contribution in [0.4, 0.5) is 5.69 Å². The molecule has 3 heteroatoms. The van der Waals surface area contributed by atoms with Gasteiger partial charge in [-0.3, -0.25) is 9.69 Å². The lowest BCUT2D eigenvalue weighted by Gasteiger charge is -2.30. The van der Waals surface area contributed by atoms with Gasteiger partial charge in [0.25, 0.3) is 0 Å². The molecule has 1 fully saturated rings. The molecule has 0 bridgehead atoms. The fraction of sp³-hybridized carbons (Fsp3) is 0.552. The molecule has 0 aromatic heterocycles. The number of ketones is 1. The maximum Gasteiger partial charge on any atom is 0.174 e. The van der Waals surface area contributed by atoms with Crippen LogP contribution in [0.15, 0.2) is 42.5 Å². The van der Waals surface area contributed by atoms with Crippen LogP contribution in [0.5, 0.6) is 0 Å². The van der Waals surface area contributed by atoms with Gasteiger partial charge in [-0.25, -0.2) is 0 Å². The van der Waals surface area contributed by atoms with E-state index in [1.54, 1.807) is 0 Å². The summed E-state index contributed by atoms with van der Waals surface area (Å²) in [5.41, 5.74) is 4.49. The van der Waals surface area contributed by atoms with E-state index in [1.165, 1.54) is 27.6 Å². The van der Waals surface area contributed by atoms with Crippen molar-refractivity contribution in [3.05, 3.63) is 53.6 Å². The summed E-state index contributed by atoms with van der Waals surface area (Å²) in [4.78, 5) is 18.9. The minimum atomic E-state index is -0.316. The zero-order valence-electron chi connectivity index (χ0n) is 20.4. The molecule has 1 heterocycles. The molecule has 2 aromatic rings. The normalized spacial score (nSPS) is 18.3. The SMILES string of the molecule is C=C(C)CN1CCCN(c2ccc3c4c(cccc24)C(=O)C3(CCCC)CCCC)CC1. The second kappa shape index (κ2) is 9.79. The quantitative estimate of drug-likeness (QED) is 0.410. The van der Waals surface area contributed by atoms with E-state index in [2.05, 4.69) is 67.5 Å². The largest absolute Gasteiger partial charge is 0.370 e. The van der Waals surface area contributed by atoms with Crippen molar-refractivity contribution >= 4 is 22.2 Å². The first-order valence-electron chi connectivity index (χ1n) is 12.7. The fourth-order valence-corrected chi connectivity index (χ4v) is 5.97. The van der Waals surface area contributed by atoms with Crippen molar-refractivity contribution in [2.24, 2.45) is 0 Å². The number of benzene rings is 2. The first kappa shape index (κ1) is 23.0. The summed E-state index contributed by atoms with van der Waals surface area (Å²) >= 11 is 0. The minimum absolute atomic E-state index is 0.316. The molecule has 1 aliphatic carbocycles. The van der Waals surface area contributed by atoms with Gasteiger partial charge < -0.3 is 4.90 Å². The van der Waals surface area contributed by atoms with Gasteiger partial charge >= 0.3 is 0 Å². The molecule has 0 spiro atoms. The van der Waals surface area contributed by atoms with Gasteiger partial charge in [-0.2, -0.15) is 0 Å². The predicted octanol–water partition coefficient (Wildman–Crippen LogP) is 6.74. The maximum atomic E-state index is 13.9. The average Bonchev–Trinajstić information content (AvgIpc) is 2.91. The molecule has 0 unspecified atom stereocenters. The topological polar surface area (TPSA) is 23.6 Å². The van der Waals surface area contributed by atoms with E-state index in [4.69, 9.17) is 0 Å². The summed E-state index contributed by atoms with van der Waals surface area (Å²) in [7, 11) is 0. The highest BCUT2D eigenvalue weighted by molar-refractivity contribution is 6.22. The third-order valence-corrected chi connectivity index (χ3v) is 7.55. The lowest BCUT2D eigenvalue weighted by atomic mass is 9.72. The molecule has 1 aliphatic heterocycles. The Balaban J connectivity index is 1.73. The van der Waals surface area contributed by atoms with Gasteiger partial charge in [-0.15, -0.1) is 0 Å². The Bertz CT molecular complexity index is 984. The van der Waals surface area contributed by atoms with Gasteiger partial charge in [0.05, 0.1) is 5.41 Å². The first-order chi connectivity index (χ1) is 15.5. The van der Waals surface area contributed by atoms with E-state index in [9.17, 15) is 4.79 Å². The van der Waals surface area contributed by atoms with Crippen LogP contribution in [-0.2, 0) is 5.41 Å². The van der Waals surface area contributed by atoms with E-state index in [0.717, 1.165) is 83.2 Å². The van der Waals surface area contributed by atoms with Crippen LogP contribution in [0.3, 0.4) is 0 Å². The number of anilines is 1. The number of rotatable bonds is 9. The van der Waals surface area contributed by atoms with Crippen molar-refractivity contribution in [1.82, 2.24) is 4.90 Å². The maximum absolute atomic E-state index is 13.9. The van der Waals surface area contributed by atoms with Crippen LogP contribution < -0.4 is 4.90 Å². The van der Waals surface area contributed by atoms with Crippen molar-refractivity contribution < 1.29 is 4.79 Å². The highest BCUT2D eigenvalue weighted by Crippen LogP contribution is 2.50. The molecule has 172 valence electrons. The minimum Gasteiger partial charge on any atom is -0.370 e. The van der Waals surface area contributed by atoms with Crippen LogP contribution in [0.25, 0.3) is 10.8 Å². The van der Waals surface area contributed by atoms with Crippen LogP contribution >= 0.6 is 0 Å². The first-order valence-corrected chi connectivity index (χ1v) is 12.7. The molecule has 0 atom stereocenters. The van der Waals surface area contributed by atoms with Crippen LogP contribution in [0, 0.1) is 0 Å². The molecule has 0 saturated carbocycles. The molecule has 2 aromatic carbocycles. The third kappa shape index (κ3) is 4.12. The number of hydrogen-bond acceptors (Lipinski definition) is 3. The van der Waals surface area contributed by atoms with E-state index >= 15 is 0 Å². The van der Waals surface area contributed by atoms with Gasteiger partial charge in [0, 0.05) is 49.4 Å². The predicted molar refractivity (Wildman–Crippen MR) is 137 cm³/mol. The Morgan fingerprint density at radius 1 is 1.00 bits per heavy atom. The summed E-state index contributed by atoms with van der Waals surface area (Å²) in [5.74, 6) is 0.376. The molecule has 3 nitrogen and oxygen atoms in total. The van der Waals surface area contributed by atoms with Gasteiger partial charge in [-0.05, 0) is 43.2 Å². The average molecular weight is 433 g/mol. The van der Waals surface area contributed by atoms with E-state index in [-0.39, 0.29) is 5.41 Å². The van der Waals surface area contributed by atoms with Crippen molar-refractivity contribution in [3.63, 3.8) is 0 Å². The van der Waals surface area contributed by atoms with E-state index in [0.29, 0.717) is 5.78 Å². The molecule has 1 saturated heterocycles. The summed E-state index contributed by atoms with van der Waals surface area (Å²) in [6.07, 6.45) is 7.59. The fourth-order valence-electron chi connectivity index (χ4n) is 5.97. The zero-order chi connectivity index (χ0) is 22.7. The molecule has 0 radical (unpaired) electrons. The highest BCUT2D eigenvalue weighted by atomic mass is 16.1. The van der Waals surface area contributed by atoms with E-state index < -0.39 is 0 Å². The summed E-state index contributed by atoms with van der Waals surface area (Å²) in [6, 6.07) is 11.1. The molecule has 32 heavy (non-hydrogen) atoms. The molecular weight excluding hydrogens is 392 g/mol. The van der Waals surface area contributed by atoms with Crippen LogP contribution in [-0.4, -0.2) is 43.4 Å². The Labute approximate surface area is 194 Å². The van der Waals surface area contributed by atoms with Crippen molar-refractivity contribution in [3.8, 4) is 0 Å². The summed E-state index contributed by atoms with van der Waals surface area (Å²) in [5, 5.41) is 2.52. The number of hydrogen-bond donors (Lipinski definition) is 0. The Hall–Kier alpha value is -2.13. The molecule has 2 aliphatic rings. The number of unbranched alkanes of at least 4 members (excludes halogenated alkanes) is 2. The Morgan fingerprint density at radius 2 is 1.75 bits per heavy atom. The molecule has 0 N–H and O–H groups in total. The number of carbonyl (C=O) groups excluding carboxylic acids is 1. The van der Waals surface area contributed by atoms with Gasteiger partial charge in [0.2, 0.25) is 0 Å². The number of nitrogens with zero attached hydrogens (tertiary/aromatic N) is 2. The second-order valence-corrected chi connectivity index (χ2v) is 10.1. The molecule has 4 rings (SSSR count). The van der Waals surface area contributed by atoms with Gasteiger partial charge in [-0.1, -0.05) is 75.9 Å². The van der Waals surface area contributed by atoms with Gasteiger partial charge in [0.15, 0.2) is 5.78 Å². The van der Waals surface area contributed by atoms with Crippen molar-refractivity contribution in [1.29, 1.82) is 0 Å². The monoisotopic (exact) mass is 432 g/mol. The number of Topliss-reactive ketones (excluding diaryl/α,β-unsaturated/α-hetero) is 1. The Morgan fingerprint density at radius 3 is 2.44 bits per heavy atom. The molecule has 0 amide bonds. The standard InChI is InChI=1S/C29H40N2O/c1-5-7-15-29(16-8-6-2)25-13-14-26(23-11-9-12-24(27(23)25)28(29)32)31-18-10-17-30(19-20-31)21-22(3)4/h9,11-14H,3,5-8,10,15-21H2,1-2,4H3. The van der Waals surface area contributed by atoms with Gasteiger partial charge in [0.1, 0.15) is 0 Å². The smallest absolute Gasteiger partial charge is 0.174 e. The lowest BCUT2D eigenvalue weighted by Crippen LogP contribution is -2.32. The summed E-state index contributed by atoms with van der Waals surface area (Å²) in [6.45, 7) is 15.9. The number of carbonyl (C=O) groups is 1.